The Balaban J connectivity index is 2.30. The number of anilines is 2. The second-order valence-corrected chi connectivity index (χ2v) is 5.19. The number of benzene rings is 2. The molecule has 2 aromatic carbocycles. The molecule has 0 saturated heterocycles. The van der Waals surface area contributed by atoms with Crippen molar-refractivity contribution in [3.63, 3.8) is 0 Å². The van der Waals surface area contributed by atoms with Crippen molar-refractivity contribution in [2.24, 2.45) is 0 Å². The van der Waals surface area contributed by atoms with E-state index in [4.69, 9.17) is 0 Å². The summed E-state index contributed by atoms with van der Waals surface area (Å²) in [4.78, 5) is 12.3. The van der Waals surface area contributed by atoms with Crippen molar-refractivity contribution in [3.05, 3.63) is 57.8 Å². The summed E-state index contributed by atoms with van der Waals surface area (Å²) in [7, 11) is 1.75. The van der Waals surface area contributed by atoms with Crippen molar-refractivity contribution >= 4 is 33.2 Å². The number of nitrogens with one attached hydrogen (secondary N) is 2. The van der Waals surface area contributed by atoms with Crippen LogP contribution in [0.15, 0.2) is 40.9 Å². The molecule has 1 amide bonds. The van der Waals surface area contributed by atoms with Gasteiger partial charge < -0.3 is 10.6 Å². The van der Waals surface area contributed by atoms with Gasteiger partial charge in [0.15, 0.2) is 0 Å². The van der Waals surface area contributed by atoms with Crippen molar-refractivity contribution in [1.29, 1.82) is 0 Å². The second kappa shape index (κ2) is 6.05. The molecule has 0 spiro atoms. The first-order valence-corrected chi connectivity index (χ1v) is 6.86. The number of rotatable bonds is 3. The van der Waals surface area contributed by atoms with Crippen LogP contribution >= 0.6 is 15.9 Å². The molecule has 0 fully saturated rings. The predicted molar refractivity (Wildman–Crippen MR) is 82.8 cm³/mol. The van der Waals surface area contributed by atoms with Gasteiger partial charge in [0, 0.05) is 18.4 Å². The molecular formula is C15H14BrFN2O. The third-order valence-electron chi connectivity index (χ3n) is 2.96. The van der Waals surface area contributed by atoms with Crippen LogP contribution in [0.5, 0.6) is 0 Å². The molecule has 0 saturated carbocycles. The van der Waals surface area contributed by atoms with E-state index in [0.717, 1.165) is 11.3 Å². The number of aryl methyl sites for hydroxylation is 1. The van der Waals surface area contributed by atoms with Crippen LogP contribution in [0, 0.1) is 12.7 Å². The Labute approximate surface area is 125 Å². The van der Waals surface area contributed by atoms with Crippen molar-refractivity contribution in [3.8, 4) is 0 Å². The number of halogens is 2. The van der Waals surface area contributed by atoms with Crippen LogP contribution in [0.25, 0.3) is 0 Å². The lowest BCUT2D eigenvalue weighted by Crippen LogP contribution is -2.14. The lowest BCUT2D eigenvalue weighted by molar-refractivity contribution is 0.102. The average Bonchev–Trinajstić information content (AvgIpc) is 2.44. The molecule has 5 heteroatoms. The van der Waals surface area contributed by atoms with E-state index in [0.29, 0.717) is 15.7 Å². The topological polar surface area (TPSA) is 41.1 Å². The van der Waals surface area contributed by atoms with Gasteiger partial charge in [0.1, 0.15) is 5.82 Å². The van der Waals surface area contributed by atoms with Gasteiger partial charge in [-0.15, -0.1) is 0 Å². The number of carbonyl (C=O) groups is 1. The first kappa shape index (κ1) is 14.5. The van der Waals surface area contributed by atoms with Gasteiger partial charge in [-0.05, 0) is 52.7 Å². The van der Waals surface area contributed by atoms with E-state index >= 15 is 0 Å². The minimum Gasteiger partial charge on any atom is -0.387 e. The molecule has 2 N–H and O–H groups in total. The molecule has 0 aliphatic rings. The van der Waals surface area contributed by atoms with Crippen LogP contribution in [-0.2, 0) is 0 Å². The van der Waals surface area contributed by atoms with E-state index < -0.39 is 5.82 Å². The molecular weight excluding hydrogens is 323 g/mol. The molecule has 0 atom stereocenters. The van der Waals surface area contributed by atoms with Gasteiger partial charge in [-0.3, -0.25) is 4.79 Å². The normalized spacial score (nSPS) is 10.2. The Morgan fingerprint density at radius 3 is 2.60 bits per heavy atom. The number of hydrogen-bond donors (Lipinski definition) is 2. The molecule has 20 heavy (non-hydrogen) atoms. The zero-order valence-electron chi connectivity index (χ0n) is 11.1. The average molecular weight is 337 g/mol. The summed E-state index contributed by atoms with van der Waals surface area (Å²) < 4.78 is 13.9. The quantitative estimate of drug-likeness (QED) is 0.882. The summed E-state index contributed by atoms with van der Waals surface area (Å²) in [6.07, 6.45) is 0. The fourth-order valence-electron chi connectivity index (χ4n) is 1.87. The highest BCUT2D eigenvalue weighted by Gasteiger charge is 2.13. The Bertz CT molecular complexity index is 658. The molecule has 104 valence electrons. The Morgan fingerprint density at radius 2 is 1.90 bits per heavy atom. The maximum absolute atomic E-state index is 13.5. The first-order chi connectivity index (χ1) is 9.52. The number of para-hydroxylation sites is 1. The number of hydrogen-bond acceptors (Lipinski definition) is 2. The highest BCUT2D eigenvalue weighted by molar-refractivity contribution is 9.10. The summed E-state index contributed by atoms with van der Waals surface area (Å²) in [6, 6.07) is 10.1. The lowest BCUT2D eigenvalue weighted by atomic mass is 10.1. The summed E-state index contributed by atoms with van der Waals surface area (Å²) in [5, 5.41) is 5.68. The SMILES string of the molecule is CNc1ccccc1C(=O)Nc1cc(F)c(Br)cc1C. The van der Waals surface area contributed by atoms with E-state index in [-0.39, 0.29) is 5.91 Å². The van der Waals surface area contributed by atoms with Crippen LogP contribution in [-0.4, -0.2) is 13.0 Å². The van der Waals surface area contributed by atoms with Crippen LogP contribution in [0.1, 0.15) is 15.9 Å². The summed E-state index contributed by atoms with van der Waals surface area (Å²) in [5.74, 6) is -0.687. The molecule has 3 nitrogen and oxygen atoms in total. The Kier molecular flexibility index (Phi) is 4.39. The van der Waals surface area contributed by atoms with Gasteiger partial charge in [0.2, 0.25) is 0 Å². The van der Waals surface area contributed by atoms with Crippen molar-refractivity contribution in [2.45, 2.75) is 6.92 Å². The zero-order chi connectivity index (χ0) is 14.7. The van der Waals surface area contributed by atoms with E-state index in [1.165, 1.54) is 6.07 Å². The van der Waals surface area contributed by atoms with Crippen molar-refractivity contribution in [1.82, 2.24) is 0 Å². The van der Waals surface area contributed by atoms with Gasteiger partial charge >= 0.3 is 0 Å². The molecule has 0 aliphatic carbocycles. The Morgan fingerprint density at radius 1 is 1.20 bits per heavy atom. The monoisotopic (exact) mass is 336 g/mol. The van der Waals surface area contributed by atoms with Crippen molar-refractivity contribution in [2.75, 3.05) is 17.7 Å². The first-order valence-electron chi connectivity index (χ1n) is 6.06. The molecule has 0 unspecified atom stereocenters. The van der Waals surface area contributed by atoms with Crippen LogP contribution in [0.2, 0.25) is 0 Å². The third-order valence-corrected chi connectivity index (χ3v) is 3.56. The fraction of sp³-hybridized carbons (Fsp3) is 0.133. The summed E-state index contributed by atoms with van der Waals surface area (Å²) in [6.45, 7) is 1.81. The Hall–Kier alpha value is -1.88. The molecule has 2 rings (SSSR count). The molecule has 0 aliphatic heterocycles. The van der Waals surface area contributed by atoms with Gasteiger partial charge in [0.25, 0.3) is 5.91 Å². The molecule has 0 aromatic heterocycles. The standard InChI is InChI=1S/C15H14BrFN2O/c1-9-7-11(16)12(17)8-14(9)19-15(20)10-5-3-4-6-13(10)18-2/h3-8,18H,1-2H3,(H,19,20). The zero-order valence-corrected chi connectivity index (χ0v) is 12.7. The minimum absolute atomic E-state index is 0.278. The highest BCUT2D eigenvalue weighted by atomic mass is 79.9. The molecule has 0 radical (unpaired) electrons. The van der Waals surface area contributed by atoms with Gasteiger partial charge in [0.05, 0.1) is 10.0 Å². The van der Waals surface area contributed by atoms with E-state index in [2.05, 4.69) is 26.6 Å². The number of amides is 1. The third kappa shape index (κ3) is 2.99. The molecule has 0 heterocycles. The highest BCUT2D eigenvalue weighted by Crippen LogP contribution is 2.25. The number of carbonyl (C=O) groups excluding carboxylic acids is 1. The van der Waals surface area contributed by atoms with E-state index in [9.17, 15) is 9.18 Å². The van der Waals surface area contributed by atoms with E-state index in [1.807, 2.05) is 19.1 Å². The maximum Gasteiger partial charge on any atom is 0.257 e. The predicted octanol–water partition coefficient (Wildman–Crippen LogP) is 4.19. The molecule has 0 bridgehead atoms. The van der Waals surface area contributed by atoms with Crippen LogP contribution < -0.4 is 10.6 Å². The lowest BCUT2D eigenvalue weighted by Gasteiger charge is -2.12. The molecule has 2 aromatic rings. The summed E-state index contributed by atoms with van der Waals surface area (Å²) in [5.41, 5.74) is 2.48. The van der Waals surface area contributed by atoms with Crippen LogP contribution in [0.3, 0.4) is 0 Å². The van der Waals surface area contributed by atoms with Crippen molar-refractivity contribution < 1.29 is 9.18 Å². The second-order valence-electron chi connectivity index (χ2n) is 4.33. The van der Waals surface area contributed by atoms with Gasteiger partial charge in [-0.2, -0.15) is 0 Å². The smallest absolute Gasteiger partial charge is 0.257 e. The van der Waals surface area contributed by atoms with Gasteiger partial charge in [-0.25, -0.2) is 4.39 Å². The van der Waals surface area contributed by atoms with Gasteiger partial charge in [-0.1, -0.05) is 12.1 Å². The largest absolute Gasteiger partial charge is 0.387 e. The maximum atomic E-state index is 13.5. The minimum atomic E-state index is -0.409. The van der Waals surface area contributed by atoms with E-state index in [1.54, 1.807) is 25.2 Å². The fourth-order valence-corrected chi connectivity index (χ4v) is 2.33. The summed E-state index contributed by atoms with van der Waals surface area (Å²) >= 11 is 3.12. The van der Waals surface area contributed by atoms with Crippen LogP contribution in [0.4, 0.5) is 15.8 Å².